The van der Waals surface area contributed by atoms with Crippen LogP contribution in [0.3, 0.4) is 0 Å². The molecule has 128 valence electrons. The van der Waals surface area contributed by atoms with E-state index >= 15 is 0 Å². The Kier molecular flexibility index (Phi) is 5.48. The van der Waals surface area contributed by atoms with Gasteiger partial charge in [0.05, 0.1) is 13.2 Å². The molecule has 1 aromatic carbocycles. The second kappa shape index (κ2) is 7.18. The van der Waals surface area contributed by atoms with E-state index in [2.05, 4.69) is 15.4 Å². The van der Waals surface area contributed by atoms with Crippen molar-refractivity contribution in [3.05, 3.63) is 24.3 Å². The predicted octanol–water partition coefficient (Wildman–Crippen LogP) is 2.42. The monoisotopic (exact) mass is 332 g/mol. The van der Waals surface area contributed by atoms with Crippen LogP contribution in [0.2, 0.25) is 0 Å². The Hall–Kier alpha value is -1.80. The zero-order chi connectivity index (χ0) is 16.9. The molecule has 5 nitrogen and oxygen atoms in total. The number of carbonyl (C=O) groups excluding carboxylic acids is 1. The molecule has 2 rings (SSSR count). The van der Waals surface area contributed by atoms with E-state index in [0.29, 0.717) is 5.69 Å². The van der Waals surface area contributed by atoms with Gasteiger partial charge < -0.3 is 20.5 Å². The van der Waals surface area contributed by atoms with E-state index in [1.807, 2.05) is 0 Å². The Labute approximate surface area is 131 Å². The first kappa shape index (κ1) is 17.6. The number of halogens is 3. The van der Waals surface area contributed by atoms with Crippen molar-refractivity contribution in [3.8, 4) is 5.75 Å². The lowest BCUT2D eigenvalue weighted by Crippen LogP contribution is -2.49. The van der Waals surface area contributed by atoms with Crippen molar-refractivity contribution in [2.75, 3.05) is 18.5 Å². The van der Waals surface area contributed by atoms with Gasteiger partial charge in [-0.2, -0.15) is 0 Å². The highest BCUT2D eigenvalue weighted by molar-refractivity contribution is 5.92. The summed E-state index contributed by atoms with van der Waals surface area (Å²) in [5.41, 5.74) is -0.0299. The molecule has 0 atom stereocenters. The van der Waals surface area contributed by atoms with Crippen LogP contribution in [-0.4, -0.2) is 36.1 Å². The van der Waals surface area contributed by atoms with Gasteiger partial charge in [-0.25, -0.2) is 0 Å². The average Bonchev–Trinajstić information content (AvgIpc) is 2.95. The smallest absolute Gasteiger partial charge is 0.406 e. The Bertz CT molecular complexity index is 526. The fourth-order valence-corrected chi connectivity index (χ4v) is 2.66. The molecular formula is C15H19F3N2O3. The number of amides is 1. The van der Waals surface area contributed by atoms with Crippen LogP contribution in [0.1, 0.15) is 25.7 Å². The summed E-state index contributed by atoms with van der Waals surface area (Å²) in [6.45, 7) is 0.00508. The summed E-state index contributed by atoms with van der Waals surface area (Å²) >= 11 is 0. The largest absolute Gasteiger partial charge is 0.573 e. The molecule has 0 bridgehead atoms. The summed E-state index contributed by atoms with van der Waals surface area (Å²) in [5, 5.41) is 15.1. The number of nitrogens with one attached hydrogen (secondary N) is 2. The number of carbonyl (C=O) groups is 1. The van der Waals surface area contributed by atoms with Gasteiger partial charge in [0, 0.05) is 11.2 Å². The molecule has 1 fully saturated rings. The van der Waals surface area contributed by atoms with E-state index in [1.165, 1.54) is 12.1 Å². The van der Waals surface area contributed by atoms with Crippen molar-refractivity contribution in [1.82, 2.24) is 5.32 Å². The maximum absolute atomic E-state index is 12.0. The first-order chi connectivity index (χ1) is 10.8. The van der Waals surface area contributed by atoms with E-state index in [4.69, 9.17) is 0 Å². The third-order valence-corrected chi connectivity index (χ3v) is 3.86. The number of aliphatic hydroxyl groups is 1. The molecule has 1 aliphatic rings. The molecule has 0 unspecified atom stereocenters. The lowest BCUT2D eigenvalue weighted by atomic mass is 9.99. The molecule has 1 aliphatic carbocycles. The number of anilines is 1. The van der Waals surface area contributed by atoms with Gasteiger partial charge in [0.2, 0.25) is 5.91 Å². The molecule has 8 heteroatoms. The van der Waals surface area contributed by atoms with Gasteiger partial charge in [0.15, 0.2) is 0 Å². The van der Waals surface area contributed by atoms with E-state index in [9.17, 15) is 23.1 Å². The van der Waals surface area contributed by atoms with Crippen molar-refractivity contribution in [3.63, 3.8) is 0 Å². The van der Waals surface area contributed by atoms with E-state index < -0.39 is 11.9 Å². The molecular weight excluding hydrogens is 313 g/mol. The second-order valence-electron chi connectivity index (χ2n) is 5.62. The number of rotatable bonds is 6. The van der Waals surface area contributed by atoms with Gasteiger partial charge >= 0.3 is 6.36 Å². The number of hydrogen-bond donors (Lipinski definition) is 3. The Balaban J connectivity index is 1.83. The minimum Gasteiger partial charge on any atom is -0.406 e. The van der Waals surface area contributed by atoms with Gasteiger partial charge in [-0.15, -0.1) is 13.2 Å². The van der Waals surface area contributed by atoms with E-state index in [0.717, 1.165) is 37.8 Å². The van der Waals surface area contributed by atoms with Gasteiger partial charge in [0.25, 0.3) is 0 Å². The van der Waals surface area contributed by atoms with Gasteiger partial charge in [-0.1, -0.05) is 12.8 Å². The minimum absolute atomic E-state index is 0.0240. The SMILES string of the molecule is O=C(CNC1(CO)CCCC1)Nc1ccc(OC(F)(F)F)cc1. The summed E-state index contributed by atoms with van der Waals surface area (Å²) < 4.78 is 39.9. The number of hydrogen-bond acceptors (Lipinski definition) is 4. The quantitative estimate of drug-likeness (QED) is 0.748. The molecule has 3 N–H and O–H groups in total. The molecule has 1 aromatic rings. The molecule has 1 saturated carbocycles. The summed E-state index contributed by atoms with van der Waals surface area (Å²) in [7, 11) is 0. The number of alkyl halides is 3. The first-order valence-corrected chi connectivity index (χ1v) is 7.33. The Morgan fingerprint density at radius 3 is 2.35 bits per heavy atom. The summed E-state index contributed by atoms with van der Waals surface area (Å²) in [5.74, 6) is -0.673. The summed E-state index contributed by atoms with van der Waals surface area (Å²) in [4.78, 5) is 11.9. The molecule has 1 amide bonds. The summed E-state index contributed by atoms with van der Waals surface area (Å²) in [6.07, 6.45) is -1.08. The minimum atomic E-state index is -4.74. The highest BCUT2D eigenvalue weighted by Gasteiger charge is 2.33. The van der Waals surface area contributed by atoms with Crippen LogP contribution in [0.5, 0.6) is 5.75 Å². The Morgan fingerprint density at radius 2 is 1.83 bits per heavy atom. The standard InChI is InChI=1S/C15H19F3N2O3/c16-15(17,18)23-12-5-3-11(4-6-12)20-13(22)9-19-14(10-21)7-1-2-8-14/h3-6,19,21H,1-2,7-10H2,(H,20,22). The zero-order valence-corrected chi connectivity index (χ0v) is 12.4. The zero-order valence-electron chi connectivity index (χ0n) is 12.4. The molecule has 0 heterocycles. The van der Waals surface area contributed by atoms with Crippen molar-refractivity contribution >= 4 is 11.6 Å². The third kappa shape index (κ3) is 5.40. The summed E-state index contributed by atoms with van der Waals surface area (Å²) in [6, 6.07) is 4.91. The van der Waals surface area contributed by atoms with Crippen molar-refractivity contribution in [2.45, 2.75) is 37.6 Å². The molecule has 23 heavy (non-hydrogen) atoms. The lowest BCUT2D eigenvalue weighted by molar-refractivity contribution is -0.274. The van der Waals surface area contributed by atoms with Crippen LogP contribution in [0.4, 0.5) is 18.9 Å². The molecule has 0 aromatic heterocycles. The second-order valence-corrected chi connectivity index (χ2v) is 5.62. The van der Waals surface area contributed by atoms with Gasteiger partial charge in [-0.05, 0) is 37.1 Å². The van der Waals surface area contributed by atoms with Crippen LogP contribution < -0.4 is 15.4 Å². The highest BCUT2D eigenvalue weighted by Crippen LogP contribution is 2.29. The molecule has 0 aliphatic heterocycles. The maximum Gasteiger partial charge on any atom is 0.573 e. The fourth-order valence-electron chi connectivity index (χ4n) is 2.66. The van der Waals surface area contributed by atoms with Crippen LogP contribution >= 0.6 is 0 Å². The molecule has 0 spiro atoms. The third-order valence-electron chi connectivity index (χ3n) is 3.86. The molecule has 0 radical (unpaired) electrons. The first-order valence-electron chi connectivity index (χ1n) is 7.33. The van der Waals surface area contributed by atoms with Gasteiger partial charge in [-0.3, -0.25) is 4.79 Å². The lowest BCUT2D eigenvalue weighted by Gasteiger charge is -2.27. The molecule has 0 saturated heterocycles. The van der Waals surface area contributed by atoms with E-state index in [-0.39, 0.29) is 24.8 Å². The van der Waals surface area contributed by atoms with Gasteiger partial charge in [0.1, 0.15) is 5.75 Å². The number of ether oxygens (including phenoxy) is 1. The fraction of sp³-hybridized carbons (Fsp3) is 0.533. The van der Waals surface area contributed by atoms with Crippen LogP contribution in [0, 0.1) is 0 Å². The topological polar surface area (TPSA) is 70.6 Å². The predicted molar refractivity (Wildman–Crippen MR) is 78.0 cm³/mol. The maximum atomic E-state index is 12.0. The van der Waals surface area contributed by atoms with Crippen LogP contribution in [0.25, 0.3) is 0 Å². The average molecular weight is 332 g/mol. The van der Waals surface area contributed by atoms with Crippen molar-refractivity contribution in [2.24, 2.45) is 0 Å². The number of aliphatic hydroxyl groups excluding tert-OH is 1. The van der Waals surface area contributed by atoms with Crippen LogP contribution in [-0.2, 0) is 4.79 Å². The number of benzene rings is 1. The van der Waals surface area contributed by atoms with E-state index in [1.54, 1.807) is 0 Å². The normalized spacial score (nSPS) is 17.0. The van der Waals surface area contributed by atoms with Crippen LogP contribution in [0.15, 0.2) is 24.3 Å². The van der Waals surface area contributed by atoms with Crippen molar-refractivity contribution < 1.29 is 27.8 Å². The Morgan fingerprint density at radius 1 is 1.22 bits per heavy atom. The highest BCUT2D eigenvalue weighted by atomic mass is 19.4. The van der Waals surface area contributed by atoms with Crippen molar-refractivity contribution in [1.29, 1.82) is 0 Å².